The molecule has 0 atom stereocenters. The minimum atomic E-state index is -3.89. The Balaban J connectivity index is 2.04. The zero-order valence-corrected chi connectivity index (χ0v) is 15.2. The lowest BCUT2D eigenvalue weighted by molar-refractivity contribution is 0.392. The summed E-state index contributed by atoms with van der Waals surface area (Å²) in [4.78, 5) is 5.17. The number of pyridine rings is 1. The van der Waals surface area contributed by atoms with Crippen molar-refractivity contribution in [3.8, 4) is 22.1 Å². The minimum absolute atomic E-state index is 0.00432. The van der Waals surface area contributed by atoms with Crippen LogP contribution >= 0.6 is 11.3 Å². The average Bonchev–Trinajstić information content (AvgIpc) is 3.15. The highest BCUT2D eigenvalue weighted by Gasteiger charge is 2.22. The highest BCUT2D eigenvalue weighted by molar-refractivity contribution is 7.92. The molecule has 0 saturated carbocycles. The standard InChI is InChI=1S/C17H16N2O4S2/c1-22-12-7-8-14(23-2)16(11-12)25(20,21)19-13-5-3-9-18-17(13)15-6-4-10-24-15/h3-11,19H,1-2H3. The maximum absolute atomic E-state index is 12.9. The van der Waals surface area contributed by atoms with E-state index in [1.807, 2.05) is 17.5 Å². The van der Waals surface area contributed by atoms with E-state index in [0.717, 1.165) is 4.88 Å². The number of anilines is 1. The Hall–Kier alpha value is -2.58. The number of rotatable bonds is 6. The number of nitrogens with zero attached hydrogens (tertiary/aromatic N) is 1. The van der Waals surface area contributed by atoms with Crippen LogP contribution in [0.2, 0.25) is 0 Å². The lowest BCUT2D eigenvalue weighted by Gasteiger charge is -2.14. The SMILES string of the molecule is COc1ccc(OC)c(S(=O)(=O)Nc2cccnc2-c2cccs2)c1. The fourth-order valence-electron chi connectivity index (χ4n) is 2.29. The molecule has 6 nitrogen and oxygen atoms in total. The van der Waals surface area contributed by atoms with E-state index in [-0.39, 0.29) is 10.6 Å². The van der Waals surface area contributed by atoms with E-state index in [0.29, 0.717) is 17.1 Å². The maximum Gasteiger partial charge on any atom is 0.265 e. The van der Waals surface area contributed by atoms with E-state index in [1.165, 1.54) is 31.6 Å². The molecular weight excluding hydrogens is 360 g/mol. The first-order valence-electron chi connectivity index (χ1n) is 7.29. The number of hydrogen-bond acceptors (Lipinski definition) is 6. The molecule has 1 aromatic carbocycles. The fraction of sp³-hybridized carbons (Fsp3) is 0.118. The third-order valence-corrected chi connectivity index (χ3v) is 5.73. The summed E-state index contributed by atoms with van der Waals surface area (Å²) in [6.45, 7) is 0. The van der Waals surface area contributed by atoms with Gasteiger partial charge >= 0.3 is 0 Å². The summed E-state index contributed by atoms with van der Waals surface area (Å²) in [6, 6.07) is 11.7. The third kappa shape index (κ3) is 3.59. The van der Waals surface area contributed by atoms with Crippen LogP contribution in [0.15, 0.2) is 58.9 Å². The predicted molar refractivity (Wildman–Crippen MR) is 97.9 cm³/mol. The topological polar surface area (TPSA) is 77.5 Å². The molecule has 2 aromatic heterocycles. The Morgan fingerprint density at radius 2 is 1.92 bits per heavy atom. The second kappa shape index (κ2) is 7.12. The van der Waals surface area contributed by atoms with Crippen molar-refractivity contribution < 1.29 is 17.9 Å². The van der Waals surface area contributed by atoms with Crippen LogP contribution < -0.4 is 14.2 Å². The lowest BCUT2D eigenvalue weighted by atomic mass is 10.2. The number of sulfonamides is 1. The molecule has 25 heavy (non-hydrogen) atoms. The van der Waals surface area contributed by atoms with Crippen molar-refractivity contribution in [2.45, 2.75) is 4.90 Å². The molecule has 0 radical (unpaired) electrons. The molecule has 0 aliphatic rings. The summed E-state index contributed by atoms with van der Waals surface area (Å²) in [7, 11) is -1.00. The molecule has 0 bridgehead atoms. The van der Waals surface area contributed by atoms with Gasteiger partial charge in [-0.3, -0.25) is 9.71 Å². The Morgan fingerprint density at radius 1 is 1.08 bits per heavy atom. The second-order valence-electron chi connectivity index (χ2n) is 5.00. The van der Waals surface area contributed by atoms with E-state index in [4.69, 9.17) is 9.47 Å². The molecule has 1 N–H and O–H groups in total. The zero-order chi connectivity index (χ0) is 17.9. The van der Waals surface area contributed by atoms with Crippen LogP contribution in [0, 0.1) is 0 Å². The van der Waals surface area contributed by atoms with Gasteiger partial charge in [-0.2, -0.15) is 0 Å². The van der Waals surface area contributed by atoms with Crippen molar-refractivity contribution in [3.05, 3.63) is 54.0 Å². The van der Waals surface area contributed by atoms with Crippen LogP contribution in [0.1, 0.15) is 0 Å². The number of thiophene rings is 1. The van der Waals surface area contributed by atoms with Gasteiger partial charge in [0.1, 0.15) is 22.1 Å². The molecular formula is C17H16N2O4S2. The molecule has 3 aromatic rings. The number of methoxy groups -OCH3 is 2. The molecule has 0 spiro atoms. The molecule has 0 fully saturated rings. The largest absolute Gasteiger partial charge is 0.497 e. The van der Waals surface area contributed by atoms with Crippen molar-refractivity contribution in [1.29, 1.82) is 0 Å². The van der Waals surface area contributed by atoms with Gasteiger partial charge in [-0.1, -0.05) is 6.07 Å². The summed E-state index contributed by atoms with van der Waals surface area (Å²) < 4.78 is 38.7. The molecule has 0 aliphatic heterocycles. The Morgan fingerprint density at radius 3 is 2.60 bits per heavy atom. The van der Waals surface area contributed by atoms with Crippen molar-refractivity contribution in [3.63, 3.8) is 0 Å². The molecule has 0 aliphatic carbocycles. The summed E-state index contributed by atoms with van der Waals surface area (Å²) >= 11 is 1.48. The van der Waals surface area contributed by atoms with E-state index in [1.54, 1.807) is 30.5 Å². The minimum Gasteiger partial charge on any atom is -0.497 e. The van der Waals surface area contributed by atoms with Gasteiger partial charge in [-0.05, 0) is 35.7 Å². The van der Waals surface area contributed by atoms with Crippen molar-refractivity contribution in [2.24, 2.45) is 0 Å². The number of benzene rings is 1. The Labute approximate surface area is 150 Å². The van der Waals surface area contributed by atoms with E-state index in [2.05, 4.69) is 9.71 Å². The van der Waals surface area contributed by atoms with E-state index < -0.39 is 10.0 Å². The normalized spacial score (nSPS) is 11.1. The van der Waals surface area contributed by atoms with Gasteiger partial charge < -0.3 is 9.47 Å². The summed E-state index contributed by atoms with van der Waals surface area (Å²) in [5, 5.41) is 1.91. The number of hydrogen-bond donors (Lipinski definition) is 1. The van der Waals surface area contributed by atoms with Gasteiger partial charge in [0, 0.05) is 12.3 Å². The summed E-state index contributed by atoms with van der Waals surface area (Å²) in [5.74, 6) is 0.653. The van der Waals surface area contributed by atoms with Crippen LogP contribution in [0.5, 0.6) is 11.5 Å². The van der Waals surface area contributed by atoms with E-state index in [9.17, 15) is 8.42 Å². The average molecular weight is 376 g/mol. The van der Waals surface area contributed by atoms with Gasteiger partial charge in [0.25, 0.3) is 10.0 Å². The number of nitrogens with one attached hydrogen (secondary N) is 1. The van der Waals surface area contributed by atoms with Gasteiger partial charge in [-0.15, -0.1) is 11.3 Å². The maximum atomic E-state index is 12.9. The first-order chi connectivity index (χ1) is 12.0. The lowest BCUT2D eigenvalue weighted by Crippen LogP contribution is -2.15. The molecule has 3 rings (SSSR count). The van der Waals surface area contributed by atoms with E-state index >= 15 is 0 Å². The molecule has 8 heteroatoms. The third-order valence-electron chi connectivity index (χ3n) is 3.47. The van der Waals surface area contributed by atoms with Gasteiger partial charge in [0.05, 0.1) is 24.8 Å². The van der Waals surface area contributed by atoms with Crippen LogP contribution in [-0.4, -0.2) is 27.6 Å². The zero-order valence-electron chi connectivity index (χ0n) is 13.6. The van der Waals surface area contributed by atoms with Crippen LogP contribution in [0.25, 0.3) is 10.6 Å². The fourth-order valence-corrected chi connectivity index (χ4v) is 4.28. The van der Waals surface area contributed by atoms with Crippen LogP contribution in [0.3, 0.4) is 0 Å². The molecule has 0 amide bonds. The molecule has 0 saturated heterocycles. The van der Waals surface area contributed by atoms with Gasteiger partial charge in [0.15, 0.2) is 0 Å². The predicted octanol–water partition coefficient (Wildman–Crippen LogP) is 3.63. The smallest absolute Gasteiger partial charge is 0.265 e. The monoisotopic (exact) mass is 376 g/mol. The number of aromatic nitrogens is 1. The highest BCUT2D eigenvalue weighted by Crippen LogP contribution is 2.33. The van der Waals surface area contributed by atoms with Crippen molar-refractivity contribution in [1.82, 2.24) is 4.98 Å². The van der Waals surface area contributed by atoms with Crippen molar-refractivity contribution >= 4 is 27.0 Å². The summed E-state index contributed by atoms with van der Waals surface area (Å²) in [6.07, 6.45) is 1.62. The first kappa shape index (κ1) is 17.2. The molecule has 2 heterocycles. The molecule has 130 valence electrons. The Bertz CT molecular complexity index is 970. The van der Waals surface area contributed by atoms with Crippen LogP contribution in [-0.2, 0) is 10.0 Å². The second-order valence-corrected chi connectivity index (χ2v) is 7.60. The van der Waals surface area contributed by atoms with Gasteiger partial charge in [0.2, 0.25) is 0 Å². The first-order valence-corrected chi connectivity index (χ1v) is 9.65. The number of ether oxygens (including phenoxy) is 2. The molecule has 0 unspecified atom stereocenters. The van der Waals surface area contributed by atoms with Crippen molar-refractivity contribution in [2.75, 3.05) is 18.9 Å². The highest BCUT2D eigenvalue weighted by atomic mass is 32.2. The quantitative estimate of drug-likeness (QED) is 0.711. The van der Waals surface area contributed by atoms with Gasteiger partial charge in [-0.25, -0.2) is 8.42 Å². The Kier molecular flexibility index (Phi) is 4.91. The summed E-state index contributed by atoms with van der Waals surface area (Å²) in [5.41, 5.74) is 0.970. The van der Waals surface area contributed by atoms with Crippen LogP contribution in [0.4, 0.5) is 5.69 Å².